The molecule has 144 valence electrons. The molecule has 0 radical (unpaired) electrons. The number of hydrogen-bond donors (Lipinski definition) is 2. The van der Waals surface area contributed by atoms with Gasteiger partial charge < -0.3 is 14.8 Å². The van der Waals surface area contributed by atoms with Crippen LogP contribution < -0.4 is 20.1 Å². The summed E-state index contributed by atoms with van der Waals surface area (Å²) in [4.78, 5) is 12.4. The minimum atomic E-state index is -2.97. The molecule has 8 heteroatoms. The lowest BCUT2D eigenvalue weighted by Crippen LogP contribution is -2.34. The van der Waals surface area contributed by atoms with Crippen molar-refractivity contribution in [2.45, 2.75) is 20.5 Å². The van der Waals surface area contributed by atoms with E-state index in [9.17, 15) is 13.6 Å². The largest absolute Gasteiger partial charge is 0.493 e. The summed E-state index contributed by atoms with van der Waals surface area (Å²) in [6, 6.07) is 12.7. The molecule has 0 aliphatic heterocycles. The molecule has 2 rings (SSSR count). The van der Waals surface area contributed by atoms with Gasteiger partial charge in [0.2, 0.25) is 0 Å². The summed E-state index contributed by atoms with van der Waals surface area (Å²) in [5, 5.41) is 5.14. The van der Waals surface area contributed by atoms with E-state index >= 15 is 0 Å². The molecule has 0 saturated heterocycles. The first-order valence-corrected chi connectivity index (χ1v) is 8.65. The second-order valence-corrected chi connectivity index (χ2v) is 6.42. The molecule has 1 amide bonds. The number of ether oxygens (including phenoxy) is 2. The lowest BCUT2D eigenvalue weighted by Gasteiger charge is -2.14. The topological polar surface area (TPSA) is 59.6 Å². The fourth-order valence-corrected chi connectivity index (χ4v) is 2.29. The third-order valence-corrected chi connectivity index (χ3v) is 3.46. The first kappa shape index (κ1) is 20.6. The number of rotatable bonds is 7. The van der Waals surface area contributed by atoms with E-state index in [0.717, 1.165) is 0 Å². The van der Waals surface area contributed by atoms with Gasteiger partial charge in [0.1, 0.15) is 11.5 Å². The summed E-state index contributed by atoms with van der Waals surface area (Å²) in [7, 11) is 0. The van der Waals surface area contributed by atoms with Gasteiger partial charge in [-0.25, -0.2) is 0 Å². The molecule has 0 heterocycles. The van der Waals surface area contributed by atoms with E-state index in [1.54, 1.807) is 36.4 Å². The number of benzene rings is 2. The summed E-state index contributed by atoms with van der Waals surface area (Å²) < 4.78 is 34.9. The van der Waals surface area contributed by atoms with E-state index in [-0.39, 0.29) is 16.5 Å². The van der Waals surface area contributed by atoms with Gasteiger partial charge in [0.05, 0.1) is 12.3 Å². The number of halogens is 2. The molecule has 0 fully saturated rings. The lowest BCUT2D eigenvalue weighted by atomic mass is 10.2. The van der Waals surface area contributed by atoms with Gasteiger partial charge in [0.25, 0.3) is 5.91 Å². The van der Waals surface area contributed by atoms with Gasteiger partial charge in [-0.1, -0.05) is 32.0 Å². The van der Waals surface area contributed by atoms with Gasteiger partial charge in [-0.3, -0.25) is 10.1 Å². The van der Waals surface area contributed by atoms with E-state index in [2.05, 4.69) is 15.4 Å². The van der Waals surface area contributed by atoms with Crippen molar-refractivity contribution in [3.05, 3.63) is 54.1 Å². The third-order valence-electron chi connectivity index (χ3n) is 3.26. The predicted octanol–water partition coefficient (Wildman–Crippen LogP) is 4.45. The SMILES string of the molecule is CC(C)COc1cccc(C(=O)NC(=S)Nc2ccccc2OC(F)F)c1. The van der Waals surface area contributed by atoms with Crippen LogP contribution in [0.25, 0.3) is 0 Å². The Balaban J connectivity index is 2.00. The third kappa shape index (κ3) is 6.82. The number of alkyl halides is 2. The average Bonchev–Trinajstić information content (AvgIpc) is 2.61. The van der Waals surface area contributed by atoms with Crippen molar-refractivity contribution in [2.24, 2.45) is 5.92 Å². The fourth-order valence-electron chi connectivity index (χ4n) is 2.09. The van der Waals surface area contributed by atoms with Crippen LogP contribution in [-0.4, -0.2) is 24.2 Å². The molecule has 0 atom stereocenters. The van der Waals surface area contributed by atoms with Gasteiger partial charge in [-0.05, 0) is 48.5 Å². The van der Waals surface area contributed by atoms with Crippen LogP contribution in [0.15, 0.2) is 48.5 Å². The van der Waals surface area contributed by atoms with E-state index < -0.39 is 12.5 Å². The minimum Gasteiger partial charge on any atom is -0.493 e. The molecule has 2 aromatic rings. The van der Waals surface area contributed by atoms with Crippen LogP contribution >= 0.6 is 12.2 Å². The number of anilines is 1. The van der Waals surface area contributed by atoms with Gasteiger partial charge in [-0.15, -0.1) is 0 Å². The van der Waals surface area contributed by atoms with Crippen LogP contribution in [0.1, 0.15) is 24.2 Å². The number of thiocarbonyl (C=S) groups is 1. The van der Waals surface area contributed by atoms with Crippen molar-refractivity contribution in [1.82, 2.24) is 5.32 Å². The second kappa shape index (κ2) is 9.82. The molecular formula is C19H20F2N2O3S. The van der Waals surface area contributed by atoms with Crippen molar-refractivity contribution in [1.29, 1.82) is 0 Å². The number of carbonyl (C=O) groups excluding carboxylic acids is 1. The van der Waals surface area contributed by atoms with Crippen LogP contribution in [-0.2, 0) is 0 Å². The van der Waals surface area contributed by atoms with Gasteiger partial charge in [0, 0.05) is 5.56 Å². The predicted molar refractivity (Wildman–Crippen MR) is 104 cm³/mol. The molecule has 2 N–H and O–H groups in total. The molecule has 0 aliphatic rings. The van der Waals surface area contributed by atoms with Gasteiger partial charge in [0.15, 0.2) is 5.11 Å². The van der Waals surface area contributed by atoms with Crippen molar-refractivity contribution >= 4 is 28.9 Å². The number of amides is 1. The monoisotopic (exact) mass is 394 g/mol. The zero-order valence-corrected chi connectivity index (χ0v) is 15.7. The van der Waals surface area contributed by atoms with Crippen LogP contribution in [0.2, 0.25) is 0 Å². The maximum absolute atomic E-state index is 12.5. The minimum absolute atomic E-state index is 0.0428. The summed E-state index contributed by atoms with van der Waals surface area (Å²) in [5.41, 5.74) is 0.578. The molecule has 0 aromatic heterocycles. The van der Waals surface area contributed by atoms with E-state index in [1.165, 1.54) is 12.1 Å². The molecule has 0 bridgehead atoms. The Morgan fingerprint density at radius 1 is 1.15 bits per heavy atom. The molecule has 0 spiro atoms. The maximum Gasteiger partial charge on any atom is 0.387 e. The molecular weight excluding hydrogens is 374 g/mol. The summed E-state index contributed by atoms with van der Waals surface area (Å²) in [5.74, 6) is 0.406. The first-order chi connectivity index (χ1) is 12.8. The Kier molecular flexibility index (Phi) is 7.48. The zero-order valence-electron chi connectivity index (χ0n) is 14.9. The molecule has 0 saturated carbocycles. The normalized spacial score (nSPS) is 10.6. The molecule has 0 aliphatic carbocycles. The van der Waals surface area contributed by atoms with Crippen molar-refractivity contribution in [3.63, 3.8) is 0 Å². The van der Waals surface area contributed by atoms with Crippen LogP contribution in [0.4, 0.5) is 14.5 Å². The molecule has 2 aromatic carbocycles. The molecule has 27 heavy (non-hydrogen) atoms. The Morgan fingerprint density at radius 2 is 1.89 bits per heavy atom. The Hall–Kier alpha value is -2.74. The first-order valence-electron chi connectivity index (χ1n) is 8.24. The smallest absolute Gasteiger partial charge is 0.387 e. The Labute approximate surface area is 161 Å². The number of para-hydroxylation sites is 2. The van der Waals surface area contributed by atoms with Crippen molar-refractivity contribution in [2.75, 3.05) is 11.9 Å². The van der Waals surface area contributed by atoms with Gasteiger partial charge >= 0.3 is 6.61 Å². The number of hydrogen-bond acceptors (Lipinski definition) is 4. The average molecular weight is 394 g/mol. The quantitative estimate of drug-likeness (QED) is 0.680. The van der Waals surface area contributed by atoms with E-state index in [0.29, 0.717) is 23.8 Å². The van der Waals surface area contributed by atoms with E-state index in [4.69, 9.17) is 17.0 Å². The highest BCUT2D eigenvalue weighted by Crippen LogP contribution is 2.25. The summed E-state index contributed by atoms with van der Waals surface area (Å²) in [6.45, 7) is 1.61. The van der Waals surface area contributed by atoms with Gasteiger partial charge in [-0.2, -0.15) is 8.78 Å². The van der Waals surface area contributed by atoms with E-state index in [1.807, 2.05) is 13.8 Å². The molecule has 5 nitrogen and oxygen atoms in total. The summed E-state index contributed by atoms with van der Waals surface area (Å²) in [6.07, 6.45) is 0. The second-order valence-electron chi connectivity index (χ2n) is 6.02. The van der Waals surface area contributed by atoms with Crippen LogP contribution in [0.5, 0.6) is 11.5 Å². The number of nitrogens with one attached hydrogen (secondary N) is 2. The number of carbonyl (C=O) groups is 1. The van der Waals surface area contributed by atoms with Crippen molar-refractivity contribution < 1.29 is 23.0 Å². The maximum atomic E-state index is 12.5. The summed E-state index contributed by atoms with van der Waals surface area (Å²) >= 11 is 5.09. The van der Waals surface area contributed by atoms with Crippen LogP contribution in [0, 0.1) is 5.92 Å². The Bertz CT molecular complexity index is 800. The Morgan fingerprint density at radius 3 is 2.59 bits per heavy atom. The standard InChI is InChI=1S/C19H20F2N2O3S/c1-12(2)11-25-14-7-5-6-13(10-14)17(24)23-19(27)22-15-8-3-4-9-16(15)26-18(20)21/h3-10,12,18H,11H2,1-2H3,(H2,22,23,24,27). The highest BCUT2D eigenvalue weighted by molar-refractivity contribution is 7.80. The fraction of sp³-hybridized carbons (Fsp3) is 0.263. The highest BCUT2D eigenvalue weighted by Gasteiger charge is 2.13. The lowest BCUT2D eigenvalue weighted by molar-refractivity contribution is -0.0493. The van der Waals surface area contributed by atoms with Crippen molar-refractivity contribution in [3.8, 4) is 11.5 Å². The molecule has 0 unspecified atom stereocenters. The zero-order chi connectivity index (χ0) is 19.8. The highest BCUT2D eigenvalue weighted by atomic mass is 32.1. The van der Waals surface area contributed by atoms with Crippen LogP contribution in [0.3, 0.4) is 0 Å².